The van der Waals surface area contributed by atoms with Crippen molar-refractivity contribution >= 4 is 40.8 Å². The number of hydrogen-bond acceptors (Lipinski definition) is 3. The van der Waals surface area contributed by atoms with Gasteiger partial charge in [0.15, 0.2) is 5.96 Å². The van der Waals surface area contributed by atoms with Crippen molar-refractivity contribution in [3.8, 4) is 0 Å². The lowest BCUT2D eigenvalue weighted by Crippen LogP contribution is -2.41. The van der Waals surface area contributed by atoms with Crippen molar-refractivity contribution in [2.45, 2.75) is 38.4 Å². The van der Waals surface area contributed by atoms with E-state index in [4.69, 9.17) is 14.7 Å². The Kier molecular flexibility index (Phi) is 6.06. The van der Waals surface area contributed by atoms with Gasteiger partial charge in [0.25, 0.3) is 0 Å². The lowest BCUT2D eigenvalue weighted by molar-refractivity contribution is 0.0767. The van der Waals surface area contributed by atoms with Crippen LogP contribution >= 0.6 is 24.0 Å². The molecule has 0 saturated carbocycles. The number of halogens is 1. The molecular weight excluding hydrogens is 463 g/mol. The maximum absolute atomic E-state index is 6.11. The molecule has 2 bridgehead atoms. The van der Waals surface area contributed by atoms with E-state index in [-0.39, 0.29) is 24.0 Å². The molecule has 4 atom stereocenters. The van der Waals surface area contributed by atoms with Gasteiger partial charge in [-0.2, -0.15) is 0 Å². The van der Waals surface area contributed by atoms with Gasteiger partial charge in [-0.3, -0.25) is 9.98 Å². The van der Waals surface area contributed by atoms with E-state index in [9.17, 15) is 0 Å². The summed E-state index contributed by atoms with van der Waals surface area (Å²) in [4.78, 5) is 12.1. The minimum Gasteiger partial charge on any atom is -0.374 e. The van der Waals surface area contributed by atoms with Gasteiger partial charge in [-0.05, 0) is 31.9 Å². The molecule has 3 saturated heterocycles. The van der Waals surface area contributed by atoms with Crippen LogP contribution in [0.5, 0.6) is 0 Å². The van der Waals surface area contributed by atoms with Gasteiger partial charge in [0.05, 0.1) is 17.7 Å². The highest BCUT2D eigenvalue weighted by Crippen LogP contribution is 2.47. The molecule has 5 rings (SSSR count). The van der Waals surface area contributed by atoms with Crippen molar-refractivity contribution in [3.63, 3.8) is 0 Å². The molecule has 2 aromatic rings. The number of pyridine rings is 1. The number of rotatable bonds is 4. The maximum Gasteiger partial charge on any atom is 0.193 e. The Morgan fingerprint density at radius 2 is 1.89 bits per heavy atom. The van der Waals surface area contributed by atoms with Gasteiger partial charge in [0, 0.05) is 55.5 Å². The zero-order chi connectivity index (χ0) is 18.2. The summed E-state index contributed by atoms with van der Waals surface area (Å²) in [6.45, 7) is 5.99. The highest BCUT2D eigenvalue weighted by Gasteiger charge is 2.53. The molecule has 4 heterocycles. The summed E-state index contributed by atoms with van der Waals surface area (Å²) >= 11 is 0. The third-order valence-corrected chi connectivity index (χ3v) is 6.37. The highest BCUT2D eigenvalue weighted by molar-refractivity contribution is 14.0. The number of ether oxygens (including phenoxy) is 1. The highest BCUT2D eigenvalue weighted by atomic mass is 127. The first kappa shape index (κ1) is 19.9. The van der Waals surface area contributed by atoms with Crippen LogP contribution in [0.1, 0.15) is 25.5 Å². The van der Waals surface area contributed by atoms with Crippen LogP contribution < -0.4 is 5.32 Å². The average Bonchev–Trinajstić information content (AvgIpc) is 3.40. The minimum atomic E-state index is 0. The third kappa shape index (κ3) is 3.73. The molecular formula is C22H29IN4O. The number of aromatic nitrogens is 1. The van der Waals surface area contributed by atoms with Crippen LogP contribution in [0, 0.1) is 11.8 Å². The topological polar surface area (TPSA) is 49.8 Å². The molecule has 6 heteroatoms. The van der Waals surface area contributed by atoms with Gasteiger partial charge in [-0.1, -0.05) is 24.3 Å². The van der Waals surface area contributed by atoms with E-state index >= 15 is 0 Å². The zero-order valence-corrected chi connectivity index (χ0v) is 18.7. The Morgan fingerprint density at radius 3 is 2.64 bits per heavy atom. The normalized spacial score (nSPS) is 28.5. The Morgan fingerprint density at radius 1 is 1.14 bits per heavy atom. The van der Waals surface area contributed by atoms with Crippen molar-refractivity contribution in [1.29, 1.82) is 0 Å². The molecule has 5 nitrogen and oxygen atoms in total. The van der Waals surface area contributed by atoms with E-state index in [0.717, 1.165) is 49.8 Å². The predicted octanol–water partition coefficient (Wildman–Crippen LogP) is 3.47. The first-order valence-corrected chi connectivity index (χ1v) is 10.3. The summed E-state index contributed by atoms with van der Waals surface area (Å²) in [7, 11) is 0. The van der Waals surface area contributed by atoms with E-state index in [1.165, 1.54) is 18.2 Å². The lowest BCUT2D eigenvalue weighted by Gasteiger charge is -2.23. The Hall–Kier alpha value is -1.41. The molecule has 0 aliphatic carbocycles. The fraction of sp³-hybridized carbons (Fsp3) is 0.545. The molecule has 0 spiro atoms. The molecule has 3 aliphatic heterocycles. The Labute approximate surface area is 184 Å². The summed E-state index contributed by atoms with van der Waals surface area (Å²) in [5.41, 5.74) is 2.17. The second-order valence-corrected chi connectivity index (χ2v) is 8.00. The summed E-state index contributed by atoms with van der Waals surface area (Å²) in [5.74, 6) is 2.47. The van der Waals surface area contributed by atoms with Gasteiger partial charge < -0.3 is 15.0 Å². The number of hydrogen-bond donors (Lipinski definition) is 1. The van der Waals surface area contributed by atoms with Crippen LogP contribution in [0.15, 0.2) is 41.4 Å². The molecule has 1 N–H and O–H groups in total. The standard InChI is InChI=1S/C22H28N4O.HI/c1-2-23-22(26-13-17-18(14-26)21-10-9-20(17)27-21)24-12-11-16-8-7-15-5-3-4-6-19(15)25-16;/h3-8,17-18,20-21H,2,9-14H2,1H3,(H,23,24);1H. The molecule has 150 valence electrons. The van der Waals surface area contributed by atoms with Crippen LogP contribution in [0.4, 0.5) is 0 Å². The quantitative estimate of drug-likeness (QED) is 0.404. The van der Waals surface area contributed by atoms with Crippen molar-refractivity contribution in [1.82, 2.24) is 15.2 Å². The molecule has 1 aromatic carbocycles. The van der Waals surface area contributed by atoms with Crippen LogP contribution in [0.3, 0.4) is 0 Å². The maximum atomic E-state index is 6.11. The van der Waals surface area contributed by atoms with Crippen LogP contribution in [0.25, 0.3) is 10.9 Å². The van der Waals surface area contributed by atoms with Gasteiger partial charge in [-0.15, -0.1) is 24.0 Å². The number of fused-ring (bicyclic) bond motifs is 6. The first-order chi connectivity index (χ1) is 13.3. The molecule has 4 unspecified atom stereocenters. The second-order valence-electron chi connectivity index (χ2n) is 8.00. The van der Waals surface area contributed by atoms with E-state index in [1.54, 1.807) is 0 Å². The van der Waals surface area contributed by atoms with E-state index in [1.807, 2.05) is 6.07 Å². The fourth-order valence-corrected chi connectivity index (χ4v) is 5.08. The number of para-hydroxylation sites is 1. The number of benzene rings is 1. The summed E-state index contributed by atoms with van der Waals surface area (Å²) in [6, 6.07) is 12.6. The van der Waals surface area contributed by atoms with Crippen LogP contribution in [-0.2, 0) is 11.2 Å². The zero-order valence-electron chi connectivity index (χ0n) is 16.4. The van der Waals surface area contributed by atoms with Crippen molar-refractivity contribution in [2.75, 3.05) is 26.2 Å². The minimum absolute atomic E-state index is 0. The van der Waals surface area contributed by atoms with Crippen molar-refractivity contribution in [2.24, 2.45) is 16.8 Å². The molecule has 0 amide bonds. The van der Waals surface area contributed by atoms with Gasteiger partial charge in [0.1, 0.15) is 0 Å². The van der Waals surface area contributed by atoms with Gasteiger partial charge in [0.2, 0.25) is 0 Å². The summed E-state index contributed by atoms with van der Waals surface area (Å²) < 4.78 is 6.11. The summed E-state index contributed by atoms with van der Waals surface area (Å²) in [6.07, 6.45) is 4.36. The predicted molar refractivity (Wildman–Crippen MR) is 123 cm³/mol. The van der Waals surface area contributed by atoms with Gasteiger partial charge >= 0.3 is 0 Å². The number of likely N-dealkylation sites (tertiary alicyclic amines) is 1. The Bertz CT molecular complexity index is 839. The van der Waals surface area contributed by atoms with E-state index < -0.39 is 0 Å². The fourth-order valence-electron chi connectivity index (χ4n) is 5.08. The van der Waals surface area contributed by atoms with Gasteiger partial charge in [-0.25, -0.2) is 0 Å². The monoisotopic (exact) mass is 492 g/mol. The third-order valence-electron chi connectivity index (χ3n) is 6.37. The SMILES string of the molecule is CCNC(=NCCc1ccc2ccccc2n1)N1CC2C3CCC(O3)C2C1.I. The molecule has 3 fully saturated rings. The lowest BCUT2D eigenvalue weighted by atomic mass is 9.82. The van der Waals surface area contributed by atoms with Crippen molar-refractivity contribution in [3.05, 3.63) is 42.1 Å². The molecule has 28 heavy (non-hydrogen) atoms. The largest absolute Gasteiger partial charge is 0.374 e. The molecule has 0 radical (unpaired) electrons. The van der Waals surface area contributed by atoms with E-state index in [0.29, 0.717) is 24.0 Å². The number of nitrogens with one attached hydrogen (secondary N) is 1. The Balaban J connectivity index is 0.00000192. The number of aliphatic imine (C=N–C) groups is 1. The number of nitrogens with zero attached hydrogens (tertiary/aromatic N) is 3. The first-order valence-electron chi connectivity index (χ1n) is 10.3. The van der Waals surface area contributed by atoms with Crippen LogP contribution in [-0.4, -0.2) is 54.2 Å². The molecule has 3 aliphatic rings. The average molecular weight is 492 g/mol. The second kappa shape index (κ2) is 8.53. The van der Waals surface area contributed by atoms with Crippen molar-refractivity contribution < 1.29 is 4.74 Å². The number of guanidine groups is 1. The summed E-state index contributed by atoms with van der Waals surface area (Å²) in [5, 5.41) is 4.69. The smallest absolute Gasteiger partial charge is 0.193 e. The van der Waals surface area contributed by atoms with E-state index in [2.05, 4.69) is 47.5 Å². The molecule has 1 aromatic heterocycles. The van der Waals surface area contributed by atoms with Crippen LogP contribution in [0.2, 0.25) is 0 Å².